The Hall–Kier alpha value is -2.69. The average Bonchev–Trinajstić information content (AvgIpc) is 2.53. The third-order valence-corrected chi connectivity index (χ3v) is 3.71. The summed E-state index contributed by atoms with van der Waals surface area (Å²) >= 11 is 0. The number of carboxylic acids is 1. The number of carboxylic acid groups (broad SMARTS) is 1. The number of pyridine rings is 1. The van der Waals surface area contributed by atoms with Crippen molar-refractivity contribution in [3.8, 4) is 0 Å². The van der Waals surface area contributed by atoms with Crippen molar-refractivity contribution in [2.24, 2.45) is 0 Å². The summed E-state index contributed by atoms with van der Waals surface area (Å²) in [6, 6.07) is 10.7. The Morgan fingerprint density at radius 3 is 2.57 bits per heavy atom. The minimum atomic E-state index is -0.908. The van der Waals surface area contributed by atoms with Crippen LogP contribution in [0, 0.1) is 0 Å². The molecule has 0 aliphatic carbocycles. The van der Waals surface area contributed by atoms with Crippen molar-refractivity contribution in [2.75, 3.05) is 6.54 Å². The van der Waals surface area contributed by atoms with Gasteiger partial charge in [0.15, 0.2) is 0 Å². The van der Waals surface area contributed by atoms with E-state index in [2.05, 4.69) is 4.98 Å². The molecule has 0 radical (unpaired) electrons. The van der Waals surface area contributed by atoms with E-state index in [1.54, 1.807) is 29.4 Å². The van der Waals surface area contributed by atoms with Gasteiger partial charge in [-0.3, -0.25) is 14.6 Å². The number of amides is 1. The van der Waals surface area contributed by atoms with E-state index in [4.69, 9.17) is 0 Å². The highest BCUT2D eigenvalue weighted by molar-refractivity contribution is 5.94. The number of benzene rings is 1. The van der Waals surface area contributed by atoms with Gasteiger partial charge in [0.2, 0.25) is 0 Å². The molecular weight excluding hydrogens is 268 g/mol. The minimum Gasteiger partial charge on any atom is -0.481 e. The Bertz CT molecular complexity index is 685. The molecule has 1 N–H and O–H groups in total. The highest BCUT2D eigenvalue weighted by Gasteiger charge is 2.32. The van der Waals surface area contributed by atoms with Crippen LogP contribution in [0.1, 0.15) is 27.4 Å². The van der Waals surface area contributed by atoms with Crippen molar-refractivity contribution < 1.29 is 14.7 Å². The Morgan fingerprint density at radius 2 is 1.86 bits per heavy atom. The average molecular weight is 282 g/mol. The summed E-state index contributed by atoms with van der Waals surface area (Å²) in [7, 11) is 0. The lowest BCUT2D eigenvalue weighted by Gasteiger charge is -2.32. The zero-order valence-electron chi connectivity index (χ0n) is 11.3. The number of hydrogen-bond donors (Lipinski definition) is 1. The maximum atomic E-state index is 12.5. The van der Waals surface area contributed by atoms with Gasteiger partial charge < -0.3 is 10.0 Å². The van der Waals surface area contributed by atoms with Gasteiger partial charge in [0.25, 0.3) is 5.91 Å². The molecule has 3 rings (SSSR count). The van der Waals surface area contributed by atoms with Crippen molar-refractivity contribution in [1.82, 2.24) is 9.88 Å². The number of rotatable bonds is 2. The molecule has 1 aliphatic heterocycles. The third kappa shape index (κ3) is 2.50. The van der Waals surface area contributed by atoms with Crippen molar-refractivity contribution in [1.29, 1.82) is 0 Å². The molecule has 5 heteroatoms. The molecule has 0 spiro atoms. The fourth-order valence-corrected chi connectivity index (χ4v) is 2.65. The van der Waals surface area contributed by atoms with Crippen LogP contribution in [0.5, 0.6) is 0 Å². The number of aliphatic carboxylic acids is 1. The van der Waals surface area contributed by atoms with Crippen LogP contribution < -0.4 is 0 Å². The fraction of sp³-hybridized carbons (Fsp3) is 0.188. The van der Waals surface area contributed by atoms with Crippen LogP contribution in [0.4, 0.5) is 0 Å². The quantitative estimate of drug-likeness (QED) is 0.913. The van der Waals surface area contributed by atoms with Crippen LogP contribution in [-0.2, 0) is 11.3 Å². The molecule has 0 saturated carbocycles. The van der Waals surface area contributed by atoms with Gasteiger partial charge in [-0.15, -0.1) is 0 Å². The van der Waals surface area contributed by atoms with E-state index in [-0.39, 0.29) is 12.5 Å². The van der Waals surface area contributed by atoms with Crippen LogP contribution in [0.3, 0.4) is 0 Å². The maximum Gasteiger partial charge on any atom is 0.312 e. The monoisotopic (exact) mass is 282 g/mol. The number of carbonyl (C=O) groups is 2. The lowest BCUT2D eigenvalue weighted by Crippen LogP contribution is -2.40. The topological polar surface area (TPSA) is 70.5 Å². The number of carbonyl (C=O) groups excluding carboxylic acids is 1. The summed E-state index contributed by atoms with van der Waals surface area (Å²) in [5, 5.41) is 9.41. The van der Waals surface area contributed by atoms with Gasteiger partial charge in [-0.2, -0.15) is 0 Å². The van der Waals surface area contributed by atoms with E-state index in [0.29, 0.717) is 12.1 Å². The zero-order valence-corrected chi connectivity index (χ0v) is 11.3. The first-order chi connectivity index (χ1) is 10.2. The molecule has 21 heavy (non-hydrogen) atoms. The number of aromatic nitrogens is 1. The first-order valence-corrected chi connectivity index (χ1v) is 6.66. The highest BCUT2D eigenvalue weighted by atomic mass is 16.4. The molecule has 1 amide bonds. The molecule has 0 fully saturated rings. The van der Waals surface area contributed by atoms with Crippen LogP contribution >= 0.6 is 0 Å². The Kier molecular flexibility index (Phi) is 3.39. The van der Waals surface area contributed by atoms with Crippen molar-refractivity contribution >= 4 is 11.9 Å². The number of hydrogen-bond acceptors (Lipinski definition) is 3. The molecule has 1 aliphatic rings. The molecule has 0 bridgehead atoms. The van der Waals surface area contributed by atoms with Crippen LogP contribution in [0.15, 0.2) is 48.8 Å². The molecule has 2 heterocycles. The molecule has 1 aromatic heterocycles. The van der Waals surface area contributed by atoms with Gasteiger partial charge in [0.05, 0.1) is 5.92 Å². The lowest BCUT2D eigenvalue weighted by atomic mass is 9.89. The predicted octanol–water partition coefficient (Wildman–Crippen LogP) is 1.91. The van der Waals surface area contributed by atoms with Crippen molar-refractivity contribution in [2.45, 2.75) is 12.5 Å². The van der Waals surface area contributed by atoms with Gasteiger partial charge in [0, 0.05) is 31.0 Å². The SMILES string of the molecule is O=C(O)C1CN(C(=O)c2ccncc2)Cc2ccccc21. The summed E-state index contributed by atoms with van der Waals surface area (Å²) < 4.78 is 0. The van der Waals surface area contributed by atoms with Gasteiger partial charge in [-0.25, -0.2) is 0 Å². The first kappa shape index (κ1) is 13.3. The second-order valence-corrected chi connectivity index (χ2v) is 5.01. The van der Waals surface area contributed by atoms with Gasteiger partial charge >= 0.3 is 5.97 Å². The Labute approximate surface area is 121 Å². The molecule has 0 saturated heterocycles. The summed E-state index contributed by atoms with van der Waals surface area (Å²) in [6.45, 7) is 0.620. The molecule has 1 unspecified atom stereocenters. The third-order valence-electron chi connectivity index (χ3n) is 3.71. The van der Waals surface area contributed by atoms with Crippen molar-refractivity contribution in [3.63, 3.8) is 0 Å². The molecule has 106 valence electrons. The molecule has 1 aromatic carbocycles. The molecular formula is C16H14N2O3. The Balaban J connectivity index is 1.93. The standard InChI is InChI=1S/C16H14N2O3/c19-15(11-5-7-17-8-6-11)18-9-12-3-1-2-4-13(12)14(10-18)16(20)21/h1-8,14H,9-10H2,(H,20,21). The second kappa shape index (κ2) is 5.36. The van der Waals surface area contributed by atoms with E-state index in [0.717, 1.165) is 11.1 Å². The van der Waals surface area contributed by atoms with E-state index in [9.17, 15) is 14.7 Å². The highest BCUT2D eigenvalue weighted by Crippen LogP contribution is 2.29. The number of nitrogens with zero attached hydrogens (tertiary/aromatic N) is 2. The first-order valence-electron chi connectivity index (χ1n) is 6.66. The summed E-state index contributed by atoms with van der Waals surface area (Å²) in [5.41, 5.74) is 2.20. The molecule has 1 atom stereocenters. The lowest BCUT2D eigenvalue weighted by molar-refractivity contribution is -0.139. The van der Waals surface area contributed by atoms with Crippen molar-refractivity contribution in [3.05, 3.63) is 65.5 Å². The zero-order chi connectivity index (χ0) is 14.8. The second-order valence-electron chi connectivity index (χ2n) is 5.01. The molecule has 2 aromatic rings. The summed E-state index contributed by atoms with van der Waals surface area (Å²) in [6.07, 6.45) is 3.11. The fourth-order valence-electron chi connectivity index (χ4n) is 2.65. The minimum absolute atomic E-state index is 0.168. The van der Waals surface area contributed by atoms with E-state index < -0.39 is 11.9 Å². The van der Waals surface area contributed by atoms with E-state index in [1.165, 1.54) is 0 Å². The smallest absolute Gasteiger partial charge is 0.312 e. The van der Waals surface area contributed by atoms with Crippen LogP contribution in [0.25, 0.3) is 0 Å². The summed E-state index contributed by atoms with van der Waals surface area (Å²) in [4.78, 5) is 29.4. The summed E-state index contributed by atoms with van der Waals surface area (Å²) in [5.74, 6) is -1.76. The molecule has 5 nitrogen and oxygen atoms in total. The van der Waals surface area contributed by atoms with Gasteiger partial charge in [-0.1, -0.05) is 24.3 Å². The normalized spacial score (nSPS) is 17.1. The maximum absolute atomic E-state index is 12.5. The van der Waals surface area contributed by atoms with E-state index in [1.807, 2.05) is 24.3 Å². The van der Waals surface area contributed by atoms with Crippen LogP contribution in [-0.4, -0.2) is 33.4 Å². The predicted molar refractivity (Wildman–Crippen MR) is 75.8 cm³/mol. The van der Waals surface area contributed by atoms with E-state index >= 15 is 0 Å². The van der Waals surface area contributed by atoms with Crippen LogP contribution in [0.2, 0.25) is 0 Å². The Morgan fingerprint density at radius 1 is 1.14 bits per heavy atom. The largest absolute Gasteiger partial charge is 0.481 e. The van der Waals surface area contributed by atoms with Gasteiger partial charge in [0.1, 0.15) is 0 Å². The van der Waals surface area contributed by atoms with Gasteiger partial charge in [-0.05, 0) is 23.3 Å². The number of fused-ring (bicyclic) bond motifs is 1.